The van der Waals surface area contributed by atoms with Crippen molar-refractivity contribution in [1.29, 1.82) is 0 Å². The molecule has 0 amide bonds. The minimum absolute atomic E-state index is 1.01. The summed E-state index contributed by atoms with van der Waals surface area (Å²) in [6, 6.07) is 17.4. The summed E-state index contributed by atoms with van der Waals surface area (Å²) in [5, 5.41) is 3.82. The van der Waals surface area contributed by atoms with Crippen LogP contribution in [0.5, 0.6) is 0 Å². The van der Waals surface area contributed by atoms with Crippen LogP contribution in [0.3, 0.4) is 0 Å². The third kappa shape index (κ3) is 5.91. The van der Waals surface area contributed by atoms with E-state index in [1.165, 1.54) is 22.0 Å². The maximum atomic E-state index is 3.69. The summed E-state index contributed by atoms with van der Waals surface area (Å²) >= 11 is 3.69. The minimum Gasteiger partial charge on any atom is -0.310 e. The molecule has 3 aromatic rings. The molecule has 0 aliphatic rings. The lowest BCUT2D eigenvalue weighted by Gasteiger charge is -2.31. The van der Waals surface area contributed by atoms with Crippen molar-refractivity contribution in [3.63, 3.8) is 0 Å². The van der Waals surface area contributed by atoms with E-state index in [0.717, 1.165) is 56.8 Å². The zero-order valence-electron chi connectivity index (χ0n) is 19.5. The zero-order valence-corrected chi connectivity index (χ0v) is 21.1. The molecule has 0 saturated heterocycles. The van der Waals surface area contributed by atoms with Gasteiger partial charge in [-0.2, -0.15) is 0 Å². The second kappa shape index (κ2) is 11.7. The first-order valence-electron chi connectivity index (χ1n) is 11.7. The van der Waals surface area contributed by atoms with E-state index in [4.69, 9.17) is 0 Å². The lowest BCUT2D eigenvalue weighted by atomic mass is 10.1. The van der Waals surface area contributed by atoms with Gasteiger partial charge in [-0.25, -0.2) is 0 Å². The Morgan fingerprint density at radius 3 is 1.87 bits per heavy atom. The van der Waals surface area contributed by atoms with Gasteiger partial charge in [0.25, 0.3) is 0 Å². The van der Waals surface area contributed by atoms with E-state index in [2.05, 4.69) is 118 Å². The fourth-order valence-electron chi connectivity index (χ4n) is 4.19. The maximum Gasteiger partial charge on any atom is 0.0701 e. The van der Waals surface area contributed by atoms with Crippen LogP contribution < -0.4 is 5.01 Å². The Morgan fingerprint density at radius 1 is 0.742 bits per heavy atom. The van der Waals surface area contributed by atoms with E-state index < -0.39 is 0 Å². The monoisotopic (exact) mass is 484 g/mol. The lowest BCUT2D eigenvalue weighted by Crippen LogP contribution is -2.45. The van der Waals surface area contributed by atoms with Crippen molar-refractivity contribution < 1.29 is 0 Å². The van der Waals surface area contributed by atoms with Crippen LogP contribution in [-0.4, -0.2) is 66.8 Å². The normalized spacial score (nSPS) is 11.7. The van der Waals surface area contributed by atoms with E-state index in [0.29, 0.717) is 0 Å². The molecule has 0 N–H and O–H groups in total. The van der Waals surface area contributed by atoms with Crippen LogP contribution in [0, 0.1) is 0 Å². The molecule has 0 spiro atoms. The minimum atomic E-state index is 1.01. The summed E-state index contributed by atoms with van der Waals surface area (Å²) in [7, 11) is 0. The van der Waals surface area contributed by atoms with Crippen LogP contribution in [0.15, 0.2) is 59.2 Å². The van der Waals surface area contributed by atoms with Gasteiger partial charge in [0.05, 0.1) is 5.52 Å². The van der Waals surface area contributed by atoms with E-state index in [9.17, 15) is 0 Å². The van der Waals surface area contributed by atoms with Gasteiger partial charge < -0.3 is 14.8 Å². The summed E-state index contributed by atoms with van der Waals surface area (Å²) < 4.78 is 3.52. The highest BCUT2D eigenvalue weighted by Crippen LogP contribution is 2.32. The fraction of sp³-hybridized carbons (Fsp3) is 0.462. The Balaban J connectivity index is 2.01. The number of hydrogen-bond donors (Lipinski definition) is 0. The molecule has 0 bridgehead atoms. The van der Waals surface area contributed by atoms with Crippen molar-refractivity contribution in [2.75, 3.05) is 57.4 Å². The predicted molar refractivity (Wildman–Crippen MR) is 139 cm³/mol. The molecule has 0 atom stereocenters. The number of aromatic nitrogens is 1. The van der Waals surface area contributed by atoms with Crippen LogP contribution in [0.1, 0.15) is 27.7 Å². The van der Waals surface area contributed by atoms with Gasteiger partial charge in [0.2, 0.25) is 0 Å². The molecule has 0 aliphatic heterocycles. The van der Waals surface area contributed by atoms with Gasteiger partial charge in [0.15, 0.2) is 0 Å². The van der Waals surface area contributed by atoms with Gasteiger partial charge >= 0.3 is 0 Å². The Labute approximate surface area is 196 Å². The van der Waals surface area contributed by atoms with Crippen LogP contribution in [0.2, 0.25) is 0 Å². The molecule has 0 radical (unpaired) electrons. The average Bonchev–Trinajstić information content (AvgIpc) is 3.17. The first-order chi connectivity index (χ1) is 15.1. The standard InChI is InChI=1S/C26H37BrN4/c1-5-28(6-2)16-18-30(19-17-29(7-3)8-4)31-21-25(22-12-10-9-11-13-22)24-20-23(27)14-15-26(24)31/h9-15,20-21H,5-8,16-19H2,1-4H3. The highest BCUT2D eigenvalue weighted by Gasteiger charge is 2.16. The Kier molecular flexibility index (Phi) is 9.00. The fourth-order valence-corrected chi connectivity index (χ4v) is 4.55. The number of nitrogens with zero attached hydrogens (tertiary/aromatic N) is 4. The van der Waals surface area contributed by atoms with Crippen LogP contribution in [-0.2, 0) is 0 Å². The third-order valence-corrected chi connectivity index (χ3v) is 6.77. The van der Waals surface area contributed by atoms with Crippen molar-refractivity contribution >= 4 is 26.8 Å². The van der Waals surface area contributed by atoms with Crippen molar-refractivity contribution in [3.05, 3.63) is 59.2 Å². The summed E-state index contributed by atoms with van der Waals surface area (Å²) in [5.74, 6) is 0. The summed E-state index contributed by atoms with van der Waals surface area (Å²) in [4.78, 5) is 5.01. The van der Waals surface area contributed by atoms with Gasteiger partial charge in [-0.1, -0.05) is 74.0 Å². The molecule has 31 heavy (non-hydrogen) atoms. The van der Waals surface area contributed by atoms with Crippen molar-refractivity contribution in [2.24, 2.45) is 0 Å². The predicted octanol–water partition coefficient (Wildman–Crippen LogP) is 5.69. The van der Waals surface area contributed by atoms with E-state index in [1.807, 2.05) is 0 Å². The molecule has 0 fully saturated rings. The van der Waals surface area contributed by atoms with Gasteiger partial charge in [0.1, 0.15) is 0 Å². The highest BCUT2D eigenvalue weighted by atomic mass is 79.9. The molecule has 2 aromatic carbocycles. The first-order valence-corrected chi connectivity index (χ1v) is 12.5. The average molecular weight is 486 g/mol. The summed E-state index contributed by atoms with van der Waals surface area (Å²) in [5.41, 5.74) is 3.81. The lowest BCUT2D eigenvalue weighted by molar-refractivity contribution is 0.282. The van der Waals surface area contributed by atoms with Gasteiger partial charge in [0, 0.05) is 47.8 Å². The molecule has 1 heterocycles. The first kappa shape index (κ1) is 23.8. The maximum absolute atomic E-state index is 3.69. The molecule has 3 rings (SSSR count). The zero-order chi connectivity index (χ0) is 22.2. The molecule has 1 aromatic heterocycles. The SMILES string of the molecule is CCN(CC)CCN(CCN(CC)CC)n1cc(-c2ccccc2)c2cc(Br)ccc21. The second-order valence-electron chi connectivity index (χ2n) is 7.92. The van der Waals surface area contributed by atoms with Crippen LogP contribution >= 0.6 is 15.9 Å². The second-order valence-corrected chi connectivity index (χ2v) is 8.84. The quantitative estimate of drug-likeness (QED) is 0.328. The van der Waals surface area contributed by atoms with E-state index in [-0.39, 0.29) is 0 Å². The van der Waals surface area contributed by atoms with Gasteiger partial charge in [-0.05, 0) is 49.9 Å². The molecular formula is C26H37BrN4. The topological polar surface area (TPSA) is 14.7 Å². The molecule has 0 saturated carbocycles. The third-order valence-electron chi connectivity index (χ3n) is 6.27. The number of fused-ring (bicyclic) bond motifs is 1. The number of hydrogen-bond acceptors (Lipinski definition) is 3. The van der Waals surface area contributed by atoms with E-state index in [1.54, 1.807) is 0 Å². The number of halogens is 1. The van der Waals surface area contributed by atoms with E-state index >= 15 is 0 Å². The molecule has 5 heteroatoms. The number of likely N-dealkylation sites (N-methyl/N-ethyl adjacent to an activating group) is 2. The van der Waals surface area contributed by atoms with Crippen molar-refractivity contribution in [2.45, 2.75) is 27.7 Å². The van der Waals surface area contributed by atoms with Crippen LogP contribution in [0.4, 0.5) is 0 Å². The van der Waals surface area contributed by atoms with Gasteiger partial charge in [-0.15, -0.1) is 0 Å². The Bertz CT molecular complexity index is 913. The Hall–Kier alpha value is -1.82. The molecule has 4 nitrogen and oxygen atoms in total. The van der Waals surface area contributed by atoms with Crippen molar-refractivity contribution in [1.82, 2.24) is 14.5 Å². The summed E-state index contributed by atoms with van der Waals surface area (Å²) in [6.07, 6.45) is 2.33. The molecular weight excluding hydrogens is 448 g/mol. The smallest absolute Gasteiger partial charge is 0.0701 e. The largest absolute Gasteiger partial charge is 0.310 e. The summed E-state index contributed by atoms with van der Waals surface area (Å²) in [6.45, 7) is 17.5. The number of rotatable bonds is 12. The number of benzene rings is 2. The van der Waals surface area contributed by atoms with Gasteiger partial charge in [-0.3, -0.25) is 4.68 Å². The molecule has 0 unspecified atom stereocenters. The Morgan fingerprint density at radius 2 is 1.32 bits per heavy atom. The highest BCUT2D eigenvalue weighted by molar-refractivity contribution is 9.10. The molecule has 0 aliphatic carbocycles. The van der Waals surface area contributed by atoms with Crippen molar-refractivity contribution in [3.8, 4) is 11.1 Å². The molecule has 168 valence electrons. The van der Waals surface area contributed by atoms with Crippen LogP contribution in [0.25, 0.3) is 22.0 Å².